The van der Waals surface area contributed by atoms with Crippen molar-refractivity contribution in [3.63, 3.8) is 0 Å². The highest BCUT2D eigenvalue weighted by molar-refractivity contribution is 5.94. The summed E-state index contributed by atoms with van der Waals surface area (Å²) in [5.74, 6) is -0.455. The summed E-state index contributed by atoms with van der Waals surface area (Å²) >= 11 is 0. The highest BCUT2D eigenvalue weighted by Crippen LogP contribution is 2.31. The van der Waals surface area contributed by atoms with Crippen LogP contribution in [0.4, 0.5) is 8.78 Å². The van der Waals surface area contributed by atoms with E-state index in [9.17, 15) is 13.6 Å². The Morgan fingerprint density at radius 3 is 2.75 bits per heavy atom. The minimum Gasteiger partial charge on any atom is -0.339 e. The fourth-order valence-electron chi connectivity index (χ4n) is 3.30. The van der Waals surface area contributed by atoms with Gasteiger partial charge in [-0.2, -0.15) is 19.1 Å². The molecule has 0 aliphatic heterocycles. The molecule has 162 valence electrons. The van der Waals surface area contributed by atoms with E-state index in [1.54, 1.807) is 38.2 Å². The van der Waals surface area contributed by atoms with Crippen LogP contribution in [-0.4, -0.2) is 36.2 Å². The Bertz CT molecular complexity index is 1360. The zero-order valence-electron chi connectivity index (χ0n) is 17.5. The van der Waals surface area contributed by atoms with Gasteiger partial charge in [0.1, 0.15) is 16.9 Å². The number of hydrogen-bond acceptors (Lipinski definition) is 5. The van der Waals surface area contributed by atoms with Crippen LogP contribution in [0.15, 0.2) is 42.9 Å². The number of aromatic amines is 1. The summed E-state index contributed by atoms with van der Waals surface area (Å²) in [6.07, 6.45) is 4.26. The fraction of sp³-hybridized carbons (Fsp3) is 0.227. The summed E-state index contributed by atoms with van der Waals surface area (Å²) < 4.78 is 26.3. The van der Waals surface area contributed by atoms with E-state index in [1.165, 1.54) is 12.4 Å². The Morgan fingerprint density at radius 2 is 2.06 bits per heavy atom. The standard InChI is InChI=1S/C22H19F2N7O/c1-12-15-7-13(16-5-4-6-17(28-16)20(32)30-22(2,3)11-25)8-26-19(15)29-18(12)14-9-27-31(10-14)21(23)24/h4-10,21H,1-3H3,(H,26,29)(H,30,32). The van der Waals surface area contributed by atoms with Gasteiger partial charge in [0.2, 0.25) is 0 Å². The van der Waals surface area contributed by atoms with E-state index < -0.39 is 18.0 Å². The lowest BCUT2D eigenvalue weighted by molar-refractivity contribution is 0.0566. The Kier molecular flexibility index (Phi) is 5.18. The lowest BCUT2D eigenvalue weighted by Gasteiger charge is -2.17. The van der Waals surface area contributed by atoms with E-state index in [0.717, 1.165) is 10.9 Å². The summed E-state index contributed by atoms with van der Waals surface area (Å²) in [5.41, 5.74) is 2.97. The van der Waals surface area contributed by atoms with Crippen LogP contribution >= 0.6 is 0 Å². The molecule has 4 rings (SSSR count). The molecule has 4 aromatic rings. The van der Waals surface area contributed by atoms with E-state index in [4.69, 9.17) is 5.26 Å². The van der Waals surface area contributed by atoms with Gasteiger partial charge in [0, 0.05) is 28.9 Å². The molecule has 1 amide bonds. The number of aryl methyl sites for hydroxylation is 1. The van der Waals surface area contributed by atoms with Crippen LogP contribution in [0.3, 0.4) is 0 Å². The van der Waals surface area contributed by atoms with Crippen molar-refractivity contribution in [1.29, 1.82) is 5.26 Å². The molecule has 0 saturated heterocycles. The first kappa shape index (κ1) is 21.1. The molecule has 0 aliphatic rings. The van der Waals surface area contributed by atoms with Crippen LogP contribution in [-0.2, 0) is 0 Å². The molecule has 32 heavy (non-hydrogen) atoms. The molecule has 0 atom stereocenters. The fourth-order valence-corrected chi connectivity index (χ4v) is 3.30. The van der Waals surface area contributed by atoms with Crippen molar-refractivity contribution in [2.75, 3.05) is 0 Å². The number of fused-ring (bicyclic) bond motifs is 1. The van der Waals surface area contributed by atoms with Crippen LogP contribution in [0, 0.1) is 18.3 Å². The molecule has 0 radical (unpaired) electrons. The van der Waals surface area contributed by atoms with E-state index in [1.807, 2.05) is 19.1 Å². The third kappa shape index (κ3) is 3.92. The maximum absolute atomic E-state index is 12.9. The smallest absolute Gasteiger partial charge is 0.333 e. The molecule has 10 heteroatoms. The molecular formula is C22H19F2N7O. The Morgan fingerprint density at radius 1 is 1.28 bits per heavy atom. The third-order valence-electron chi connectivity index (χ3n) is 4.98. The normalized spacial score (nSPS) is 11.7. The second-order valence-corrected chi connectivity index (χ2v) is 7.83. The van der Waals surface area contributed by atoms with Crippen molar-refractivity contribution < 1.29 is 13.6 Å². The summed E-state index contributed by atoms with van der Waals surface area (Å²) in [6, 6.07) is 8.92. The second kappa shape index (κ2) is 7.85. The first-order valence-corrected chi connectivity index (χ1v) is 9.71. The zero-order valence-corrected chi connectivity index (χ0v) is 17.5. The average Bonchev–Trinajstić information content (AvgIpc) is 3.38. The van der Waals surface area contributed by atoms with Crippen LogP contribution in [0.25, 0.3) is 33.5 Å². The number of nitrogens with zero attached hydrogens (tertiary/aromatic N) is 5. The number of pyridine rings is 2. The first-order valence-electron chi connectivity index (χ1n) is 9.71. The number of alkyl halides is 2. The van der Waals surface area contributed by atoms with Crippen molar-refractivity contribution in [3.05, 3.63) is 54.1 Å². The molecule has 0 aromatic carbocycles. The number of hydrogen-bond donors (Lipinski definition) is 2. The Labute approximate surface area is 181 Å². The van der Waals surface area contributed by atoms with Crippen LogP contribution in [0.5, 0.6) is 0 Å². The number of nitrogens with one attached hydrogen (secondary N) is 2. The van der Waals surface area contributed by atoms with Crippen LogP contribution in [0.1, 0.15) is 36.4 Å². The molecule has 0 bridgehead atoms. The van der Waals surface area contributed by atoms with Gasteiger partial charge in [0.25, 0.3) is 5.91 Å². The van der Waals surface area contributed by atoms with Crippen molar-refractivity contribution in [2.24, 2.45) is 0 Å². The lowest BCUT2D eigenvalue weighted by Crippen LogP contribution is -2.42. The van der Waals surface area contributed by atoms with Gasteiger partial charge in [0.05, 0.1) is 23.7 Å². The lowest BCUT2D eigenvalue weighted by atomic mass is 10.1. The number of H-pyrrole nitrogens is 1. The predicted octanol–water partition coefficient (Wildman–Crippen LogP) is 4.22. The molecule has 0 unspecified atom stereocenters. The number of carbonyl (C=O) groups is 1. The number of carbonyl (C=O) groups excluding carboxylic acids is 1. The monoisotopic (exact) mass is 435 g/mol. The van der Waals surface area contributed by atoms with Gasteiger partial charge in [-0.05, 0) is 44.5 Å². The summed E-state index contributed by atoms with van der Waals surface area (Å²) in [4.78, 5) is 24.5. The van der Waals surface area contributed by atoms with Crippen LogP contribution in [0.2, 0.25) is 0 Å². The largest absolute Gasteiger partial charge is 0.339 e. The molecule has 0 aliphatic carbocycles. The number of nitriles is 1. The molecule has 4 heterocycles. The summed E-state index contributed by atoms with van der Waals surface area (Å²) in [7, 11) is 0. The maximum atomic E-state index is 12.9. The van der Waals surface area contributed by atoms with Crippen molar-refractivity contribution in [1.82, 2.24) is 30.0 Å². The van der Waals surface area contributed by atoms with Crippen molar-refractivity contribution in [3.8, 4) is 28.6 Å². The van der Waals surface area contributed by atoms with Crippen molar-refractivity contribution in [2.45, 2.75) is 32.9 Å². The van der Waals surface area contributed by atoms with Crippen molar-refractivity contribution >= 4 is 16.9 Å². The second-order valence-electron chi connectivity index (χ2n) is 7.83. The Hall–Kier alpha value is -4.13. The third-order valence-corrected chi connectivity index (χ3v) is 4.98. The molecule has 0 spiro atoms. The minimum atomic E-state index is -2.72. The quantitative estimate of drug-likeness (QED) is 0.487. The van der Waals surface area contributed by atoms with E-state index in [0.29, 0.717) is 32.8 Å². The van der Waals surface area contributed by atoms with E-state index in [2.05, 4.69) is 25.4 Å². The summed E-state index contributed by atoms with van der Waals surface area (Å²) in [5, 5.41) is 16.2. The van der Waals surface area contributed by atoms with Gasteiger partial charge >= 0.3 is 6.55 Å². The molecule has 8 nitrogen and oxygen atoms in total. The first-order chi connectivity index (χ1) is 15.2. The molecule has 0 fully saturated rings. The number of rotatable bonds is 5. The molecular weight excluding hydrogens is 416 g/mol. The zero-order chi connectivity index (χ0) is 23.0. The Balaban J connectivity index is 1.69. The SMILES string of the molecule is Cc1c(-c2cnn(C(F)F)c2)[nH]c2ncc(-c3cccc(C(=O)NC(C)(C)C#N)n3)cc12. The van der Waals surface area contributed by atoms with Gasteiger partial charge in [-0.25, -0.2) is 14.6 Å². The minimum absolute atomic E-state index is 0.178. The number of halogens is 2. The van der Waals surface area contributed by atoms with Gasteiger partial charge in [-0.15, -0.1) is 0 Å². The van der Waals surface area contributed by atoms with E-state index >= 15 is 0 Å². The van der Waals surface area contributed by atoms with Gasteiger partial charge in [0.15, 0.2) is 0 Å². The van der Waals surface area contributed by atoms with Gasteiger partial charge in [-0.1, -0.05) is 6.07 Å². The van der Waals surface area contributed by atoms with Gasteiger partial charge < -0.3 is 10.3 Å². The average molecular weight is 435 g/mol. The highest BCUT2D eigenvalue weighted by atomic mass is 19.3. The molecule has 0 saturated carbocycles. The molecule has 2 N–H and O–H groups in total. The maximum Gasteiger partial charge on any atom is 0.333 e. The topological polar surface area (TPSA) is 112 Å². The number of aromatic nitrogens is 5. The van der Waals surface area contributed by atoms with Gasteiger partial charge in [-0.3, -0.25) is 4.79 Å². The van der Waals surface area contributed by atoms with E-state index in [-0.39, 0.29) is 5.69 Å². The molecule has 4 aromatic heterocycles. The number of amides is 1. The highest BCUT2D eigenvalue weighted by Gasteiger charge is 2.21. The summed E-state index contributed by atoms with van der Waals surface area (Å²) in [6.45, 7) is 2.35. The predicted molar refractivity (Wildman–Crippen MR) is 114 cm³/mol. The van der Waals surface area contributed by atoms with Crippen LogP contribution < -0.4 is 5.32 Å².